The van der Waals surface area contributed by atoms with E-state index in [0.717, 1.165) is 15.7 Å². The molecule has 0 bridgehead atoms. The van der Waals surface area contributed by atoms with E-state index in [-0.39, 0.29) is 11.8 Å². The predicted octanol–water partition coefficient (Wildman–Crippen LogP) is 2.15. The van der Waals surface area contributed by atoms with Crippen molar-refractivity contribution in [3.63, 3.8) is 0 Å². The van der Waals surface area contributed by atoms with Gasteiger partial charge in [-0.05, 0) is 17.7 Å². The van der Waals surface area contributed by atoms with Crippen molar-refractivity contribution in [2.75, 3.05) is 32.2 Å². The van der Waals surface area contributed by atoms with E-state index in [0.29, 0.717) is 19.8 Å². The van der Waals surface area contributed by atoms with Crippen LogP contribution in [-0.4, -0.2) is 32.8 Å². The van der Waals surface area contributed by atoms with Crippen molar-refractivity contribution in [2.24, 2.45) is 0 Å². The number of hydrogen-bond donors (Lipinski definition) is 1. The lowest BCUT2D eigenvalue weighted by molar-refractivity contribution is -0.118. The molecule has 1 aromatic rings. The summed E-state index contributed by atoms with van der Waals surface area (Å²) in [5, 5.41) is 2.85. The van der Waals surface area contributed by atoms with Crippen LogP contribution in [0.25, 0.3) is 0 Å². The first kappa shape index (κ1) is 12.5. The topological polar surface area (TPSA) is 47.6 Å². The lowest BCUT2D eigenvalue weighted by Crippen LogP contribution is -2.18. The standard InChI is InChI=1S/C12H14BrNO3/c1-16-4-5-17-7-10-9-3-2-8(13)6-11(9)14-12(10)15/h2-3,6,10H,4-5,7H2,1H3,(H,14,15). The number of carbonyl (C=O) groups excluding carboxylic acids is 1. The molecule has 1 aromatic carbocycles. The first-order valence-electron chi connectivity index (χ1n) is 5.39. The summed E-state index contributed by atoms with van der Waals surface area (Å²) in [7, 11) is 1.62. The van der Waals surface area contributed by atoms with Gasteiger partial charge in [-0.2, -0.15) is 0 Å². The van der Waals surface area contributed by atoms with Gasteiger partial charge in [-0.15, -0.1) is 0 Å². The quantitative estimate of drug-likeness (QED) is 0.848. The van der Waals surface area contributed by atoms with E-state index in [1.165, 1.54) is 0 Å². The zero-order valence-electron chi connectivity index (χ0n) is 9.53. The highest BCUT2D eigenvalue weighted by molar-refractivity contribution is 9.10. The van der Waals surface area contributed by atoms with Crippen LogP contribution in [-0.2, 0) is 14.3 Å². The predicted molar refractivity (Wildman–Crippen MR) is 68.2 cm³/mol. The minimum atomic E-state index is -0.213. The summed E-state index contributed by atoms with van der Waals surface area (Å²) in [6.45, 7) is 1.44. The molecule has 4 nitrogen and oxygen atoms in total. The van der Waals surface area contributed by atoms with Crippen LogP contribution in [0.3, 0.4) is 0 Å². The Labute approximate surface area is 108 Å². The molecule has 0 aromatic heterocycles. The molecule has 0 saturated carbocycles. The molecule has 1 aliphatic heterocycles. The van der Waals surface area contributed by atoms with E-state index >= 15 is 0 Å². The molecule has 0 radical (unpaired) electrons. The van der Waals surface area contributed by atoms with Crippen LogP contribution in [0.15, 0.2) is 22.7 Å². The monoisotopic (exact) mass is 299 g/mol. The van der Waals surface area contributed by atoms with Crippen molar-refractivity contribution < 1.29 is 14.3 Å². The third kappa shape index (κ3) is 2.86. The number of rotatable bonds is 5. The highest BCUT2D eigenvalue weighted by atomic mass is 79.9. The van der Waals surface area contributed by atoms with Crippen LogP contribution in [0.2, 0.25) is 0 Å². The highest BCUT2D eigenvalue weighted by Gasteiger charge is 2.30. The second-order valence-electron chi connectivity index (χ2n) is 3.84. The van der Waals surface area contributed by atoms with Gasteiger partial charge in [0.05, 0.1) is 25.7 Å². The van der Waals surface area contributed by atoms with Gasteiger partial charge in [-0.1, -0.05) is 22.0 Å². The normalized spacial score (nSPS) is 18.0. The van der Waals surface area contributed by atoms with Crippen LogP contribution in [0.1, 0.15) is 11.5 Å². The number of halogens is 1. The molecule has 5 heteroatoms. The molecule has 1 atom stereocenters. The largest absolute Gasteiger partial charge is 0.382 e. The van der Waals surface area contributed by atoms with Gasteiger partial charge in [0.25, 0.3) is 0 Å². The number of ether oxygens (including phenoxy) is 2. The van der Waals surface area contributed by atoms with Gasteiger partial charge >= 0.3 is 0 Å². The van der Waals surface area contributed by atoms with Crippen LogP contribution in [0.4, 0.5) is 5.69 Å². The fourth-order valence-corrected chi connectivity index (χ4v) is 2.17. The van der Waals surface area contributed by atoms with Gasteiger partial charge in [0.2, 0.25) is 5.91 Å². The van der Waals surface area contributed by atoms with Gasteiger partial charge in [-0.25, -0.2) is 0 Å². The summed E-state index contributed by atoms with van der Waals surface area (Å²) in [5.41, 5.74) is 1.86. The maximum absolute atomic E-state index is 11.8. The van der Waals surface area contributed by atoms with Crippen LogP contribution >= 0.6 is 15.9 Å². The van der Waals surface area contributed by atoms with E-state index < -0.39 is 0 Å². The lowest BCUT2D eigenvalue weighted by atomic mass is 10.0. The maximum atomic E-state index is 11.8. The van der Waals surface area contributed by atoms with Crippen molar-refractivity contribution in [3.05, 3.63) is 28.2 Å². The highest BCUT2D eigenvalue weighted by Crippen LogP contribution is 2.34. The smallest absolute Gasteiger partial charge is 0.234 e. The molecule has 2 rings (SSSR count). The molecule has 1 heterocycles. The number of amides is 1. The molecule has 1 aliphatic rings. The van der Waals surface area contributed by atoms with Crippen molar-refractivity contribution in [1.82, 2.24) is 0 Å². The molecule has 0 aliphatic carbocycles. The summed E-state index contributed by atoms with van der Waals surface area (Å²) in [4.78, 5) is 11.8. The Balaban J connectivity index is 2.02. The molecular weight excluding hydrogens is 286 g/mol. The second kappa shape index (κ2) is 5.62. The van der Waals surface area contributed by atoms with Crippen molar-refractivity contribution >= 4 is 27.5 Å². The number of anilines is 1. The van der Waals surface area contributed by atoms with Crippen molar-refractivity contribution in [1.29, 1.82) is 0 Å². The molecule has 17 heavy (non-hydrogen) atoms. The number of methoxy groups -OCH3 is 1. The first-order valence-corrected chi connectivity index (χ1v) is 6.18. The maximum Gasteiger partial charge on any atom is 0.234 e. The average molecular weight is 300 g/mol. The van der Waals surface area contributed by atoms with Gasteiger partial charge < -0.3 is 14.8 Å². The Morgan fingerprint density at radius 1 is 1.41 bits per heavy atom. The third-order valence-electron chi connectivity index (χ3n) is 2.68. The number of fused-ring (bicyclic) bond motifs is 1. The average Bonchev–Trinajstić information content (AvgIpc) is 2.60. The molecule has 0 fully saturated rings. The SMILES string of the molecule is COCCOCC1C(=O)Nc2cc(Br)ccc21. The zero-order chi connectivity index (χ0) is 12.3. The molecule has 1 amide bonds. The summed E-state index contributed by atoms with van der Waals surface area (Å²) in [5.74, 6) is -0.217. The van der Waals surface area contributed by atoms with E-state index in [4.69, 9.17) is 9.47 Å². The minimum Gasteiger partial charge on any atom is -0.382 e. The first-order chi connectivity index (χ1) is 8.22. The number of hydrogen-bond acceptors (Lipinski definition) is 3. The van der Waals surface area contributed by atoms with Crippen molar-refractivity contribution in [2.45, 2.75) is 5.92 Å². The lowest BCUT2D eigenvalue weighted by Gasteiger charge is -2.09. The summed E-state index contributed by atoms with van der Waals surface area (Å²) < 4.78 is 11.3. The fraction of sp³-hybridized carbons (Fsp3) is 0.417. The van der Waals surface area contributed by atoms with E-state index in [9.17, 15) is 4.79 Å². The number of nitrogens with one attached hydrogen (secondary N) is 1. The molecular formula is C12H14BrNO3. The molecule has 92 valence electrons. The Morgan fingerprint density at radius 3 is 3.00 bits per heavy atom. The van der Waals surface area contributed by atoms with Gasteiger partial charge in [-0.3, -0.25) is 4.79 Å². The van der Waals surface area contributed by atoms with Crippen LogP contribution < -0.4 is 5.32 Å². The van der Waals surface area contributed by atoms with Crippen molar-refractivity contribution in [3.8, 4) is 0 Å². The van der Waals surface area contributed by atoms with Gasteiger partial charge in [0.15, 0.2) is 0 Å². The Kier molecular flexibility index (Phi) is 4.15. The summed E-state index contributed by atoms with van der Waals surface area (Å²) >= 11 is 3.38. The zero-order valence-corrected chi connectivity index (χ0v) is 11.1. The van der Waals surface area contributed by atoms with Crippen LogP contribution in [0, 0.1) is 0 Å². The fourth-order valence-electron chi connectivity index (χ4n) is 1.81. The number of benzene rings is 1. The molecule has 1 unspecified atom stereocenters. The Hall–Kier alpha value is -0.910. The van der Waals surface area contributed by atoms with Gasteiger partial charge in [0, 0.05) is 17.3 Å². The van der Waals surface area contributed by atoms with E-state index in [1.807, 2.05) is 18.2 Å². The molecule has 0 spiro atoms. The van der Waals surface area contributed by atoms with Gasteiger partial charge in [0.1, 0.15) is 0 Å². The minimum absolute atomic E-state index is 0.00415. The molecule has 1 N–H and O–H groups in total. The van der Waals surface area contributed by atoms with E-state index in [2.05, 4.69) is 21.2 Å². The molecule has 0 saturated heterocycles. The summed E-state index contributed by atoms with van der Waals surface area (Å²) in [6, 6.07) is 5.78. The second-order valence-corrected chi connectivity index (χ2v) is 4.76. The van der Waals surface area contributed by atoms with E-state index in [1.54, 1.807) is 7.11 Å². The Morgan fingerprint density at radius 2 is 2.24 bits per heavy atom. The summed E-state index contributed by atoms with van der Waals surface area (Å²) in [6.07, 6.45) is 0. The van der Waals surface area contributed by atoms with Crippen LogP contribution in [0.5, 0.6) is 0 Å². The Bertz CT molecular complexity index is 422. The third-order valence-corrected chi connectivity index (χ3v) is 3.17. The number of carbonyl (C=O) groups is 1.